The Bertz CT molecular complexity index is 888. The largest absolute Gasteiger partial charge is 0.385 e. The molecule has 0 spiro atoms. The van der Waals surface area contributed by atoms with Crippen molar-refractivity contribution in [3.05, 3.63) is 70.2 Å². The molecule has 1 aliphatic carbocycles. The first-order chi connectivity index (χ1) is 14.4. The summed E-state index contributed by atoms with van der Waals surface area (Å²) in [4.78, 5) is 27.5. The van der Waals surface area contributed by atoms with E-state index in [0.717, 1.165) is 28.4 Å². The van der Waals surface area contributed by atoms with Gasteiger partial charge in [-0.15, -0.1) is 0 Å². The predicted molar refractivity (Wildman–Crippen MR) is 119 cm³/mol. The molecule has 0 radical (unpaired) electrons. The van der Waals surface area contributed by atoms with Crippen molar-refractivity contribution in [2.45, 2.75) is 43.7 Å². The number of piperidine rings is 1. The van der Waals surface area contributed by atoms with Crippen molar-refractivity contribution in [3.63, 3.8) is 0 Å². The Kier molecular flexibility index (Phi) is 6.25. The molecule has 1 unspecified atom stereocenters. The van der Waals surface area contributed by atoms with Gasteiger partial charge in [-0.3, -0.25) is 9.59 Å². The zero-order valence-electron chi connectivity index (χ0n) is 16.9. The van der Waals surface area contributed by atoms with E-state index in [2.05, 4.69) is 21.2 Å². The second-order valence-electron chi connectivity index (χ2n) is 8.39. The van der Waals surface area contributed by atoms with Gasteiger partial charge >= 0.3 is 0 Å². The number of aliphatic hydroxyl groups is 1. The number of carbonyl (C=O) groups excluding carboxylic acids is 2. The van der Waals surface area contributed by atoms with Crippen LogP contribution in [0.2, 0.25) is 0 Å². The molecule has 2 aromatic rings. The van der Waals surface area contributed by atoms with Gasteiger partial charge in [0.25, 0.3) is 0 Å². The van der Waals surface area contributed by atoms with Crippen LogP contribution in [-0.4, -0.2) is 41.0 Å². The summed E-state index contributed by atoms with van der Waals surface area (Å²) in [6, 6.07) is 16.9. The van der Waals surface area contributed by atoms with E-state index in [0.29, 0.717) is 32.4 Å². The summed E-state index contributed by atoms with van der Waals surface area (Å²) in [6.07, 6.45) is 3.25. The van der Waals surface area contributed by atoms with E-state index < -0.39 is 11.6 Å². The number of benzene rings is 2. The number of hydrogen-bond acceptors (Lipinski definition) is 3. The van der Waals surface area contributed by atoms with Crippen LogP contribution in [0.25, 0.3) is 0 Å². The second-order valence-corrected chi connectivity index (χ2v) is 9.30. The molecule has 158 valence electrons. The molecule has 1 atom stereocenters. The molecule has 0 aromatic heterocycles. The van der Waals surface area contributed by atoms with Gasteiger partial charge in [0.2, 0.25) is 11.8 Å². The van der Waals surface area contributed by atoms with Crippen molar-refractivity contribution in [2.24, 2.45) is 5.92 Å². The summed E-state index contributed by atoms with van der Waals surface area (Å²) < 4.78 is 0.970. The number of rotatable bonds is 6. The average Bonchev–Trinajstić information content (AvgIpc) is 3.60. The number of nitrogens with one attached hydrogen (secondary N) is 1. The molecule has 1 heterocycles. The summed E-state index contributed by atoms with van der Waals surface area (Å²) in [6.45, 7) is 0.936. The summed E-state index contributed by atoms with van der Waals surface area (Å²) in [7, 11) is 0. The van der Waals surface area contributed by atoms with Crippen LogP contribution in [0.4, 0.5) is 0 Å². The standard InChI is InChI=1S/C24H27BrN2O3/c25-20-10-8-19(9-11-20)24(30)12-14-27(15-13-24)23(29)21(26-22(28)18-6-7-18)16-17-4-2-1-3-5-17/h1-5,8-11,18,21,30H,6-7,12-16H2,(H,26,28). The molecular weight excluding hydrogens is 444 g/mol. The molecule has 5 nitrogen and oxygen atoms in total. The van der Waals surface area contributed by atoms with Crippen LogP contribution in [0, 0.1) is 5.92 Å². The van der Waals surface area contributed by atoms with Gasteiger partial charge in [0.05, 0.1) is 5.60 Å². The molecule has 2 aromatic carbocycles. The molecule has 2 fully saturated rings. The van der Waals surface area contributed by atoms with Crippen molar-refractivity contribution < 1.29 is 14.7 Å². The van der Waals surface area contributed by atoms with Crippen LogP contribution in [0.5, 0.6) is 0 Å². The lowest BCUT2D eigenvalue weighted by atomic mass is 9.84. The van der Waals surface area contributed by atoms with Crippen LogP contribution >= 0.6 is 15.9 Å². The third-order valence-electron chi connectivity index (χ3n) is 6.13. The Morgan fingerprint density at radius 1 is 1.07 bits per heavy atom. The van der Waals surface area contributed by atoms with Gasteiger partial charge in [-0.05, 0) is 48.9 Å². The third-order valence-corrected chi connectivity index (χ3v) is 6.66. The smallest absolute Gasteiger partial charge is 0.245 e. The SMILES string of the molecule is O=C(NC(Cc1ccccc1)C(=O)N1CCC(O)(c2ccc(Br)cc2)CC1)C1CC1. The molecular formula is C24H27BrN2O3. The van der Waals surface area contributed by atoms with E-state index in [9.17, 15) is 14.7 Å². The first kappa shape index (κ1) is 21.1. The number of carbonyl (C=O) groups is 2. The monoisotopic (exact) mass is 470 g/mol. The van der Waals surface area contributed by atoms with Crippen LogP contribution in [-0.2, 0) is 21.6 Å². The summed E-state index contributed by atoms with van der Waals surface area (Å²) in [5.41, 5.74) is 0.972. The average molecular weight is 471 g/mol. The van der Waals surface area contributed by atoms with Gasteiger partial charge in [0.15, 0.2) is 0 Å². The van der Waals surface area contributed by atoms with Crippen LogP contribution in [0.1, 0.15) is 36.8 Å². The zero-order valence-corrected chi connectivity index (χ0v) is 18.5. The first-order valence-electron chi connectivity index (χ1n) is 10.6. The second kappa shape index (κ2) is 8.90. The number of likely N-dealkylation sites (tertiary alicyclic amines) is 1. The minimum Gasteiger partial charge on any atom is -0.385 e. The highest BCUT2D eigenvalue weighted by Gasteiger charge is 2.38. The minimum atomic E-state index is -0.927. The first-order valence-corrected chi connectivity index (χ1v) is 11.4. The van der Waals surface area contributed by atoms with Gasteiger partial charge in [0, 0.05) is 29.9 Å². The number of hydrogen-bond donors (Lipinski definition) is 2. The van der Waals surface area contributed by atoms with Crippen LogP contribution < -0.4 is 5.32 Å². The summed E-state index contributed by atoms with van der Waals surface area (Å²) in [5, 5.41) is 14.1. The Hall–Kier alpha value is -2.18. The lowest BCUT2D eigenvalue weighted by molar-refractivity contribution is -0.140. The van der Waals surface area contributed by atoms with Crippen molar-refractivity contribution in [1.82, 2.24) is 10.2 Å². The fraction of sp³-hybridized carbons (Fsp3) is 0.417. The van der Waals surface area contributed by atoms with E-state index in [4.69, 9.17) is 0 Å². The Morgan fingerprint density at radius 3 is 2.30 bits per heavy atom. The lowest BCUT2D eigenvalue weighted by Crippen LogP contribution is -2.53. The van der Waals surface area contributed by atoms with Gasteiger partial charge in [-0.25, -0.2) is 0 Å². The minimum absolute atomic E-state index is 0.0207. The Morgan fingerprint density at radius 2 is 1.70 bits per heavy atom. The molecule has 1 saturated heterocycles. The normalized spacial score (nSPS) is 19.2. The maximum Gasteiger partial charge on any atom is 0.245 e. The third kappa shape index (κ3) is 4.93. The van der Waals surface area contributed by atoms with Crippen molar-refractivity contribution in [2.75, 3.05) is 13.1 Å². The zero-order chi connectivity index (χ0) is 21.1. The molecule has 4 rings (SSSR count). The maximum atomic E-state index is 13.3. The quantitative estimate of drug-likeness (QED) is 0.679. The summed E-state index contributed by atoms with van der Waals surface area (Å²) >= 11 is 3.42. The van der Waals surface area contributed by atoms with E-state index in [1.165, 1.54) is 0 Å². The van der Waals surface area contributed by atoms with E-state index in [1.807, 2.05) is 54.6 Å². The van der Waals surface area contributed by atoms with E-state index >= 15 is 0 Å². The Balaban J connectivity index is 1.43. The molecule has 2 aliphatic rings. The van der Waals surface area contributed by atoms with Gasteiger partial charge < -0.3 is 15.3 Å². The molecule has 2 amide bonds. The molecule has 0 bridgehead atoms. The molecule has 30 heavy (non-hydrogen) atoms. The highest BCUT2D eigenvalue weighted by atomic mass is 79.9. The van der Waals surface area contributed by atoms with Gasteiger partial charge in [-0.2, -0.15) is 0 Å². The van der Waals surface area contributed by atoms with Gasteiger partial charge in [-0.1, -0.05) is 58.4 Å². The van der Waals surface area contributed by atoms with Crippen molar-refractivity contribution in [1.29, 1.82) is 0 Å². The number of nitrogens with zero attached hydrogens (tertiary/aromatic N) is 1. The summed E-state index contributed by atoms with van der Waals surface area (Å²) in [5.74, 6) is -0.0294. The molecule has 1 saturated carbocycles. The predicted octanol–water partition coefficient (Wildman–Crippen LogP) is 3.40. The molecule has 6 heteroatoms. The fourth-order valence-corrected chi connectivity index (χ4v) is 4.32. The van der Waals surface area contributed by atoms with Gasteiger partial charge in [0.1, 0.15) is 6.04 Å². The lowest BCUT2D eigenvalue weighted by Gasteiger charge is -2.39. The van der Waals surface area contributed by atoms with E-state index in [1.54, 1.807) is 4.90 Å². The van der Waals surface area contributed by atoms with Crippen molar-refractivity contribution in [3.8, 4) is 0 Å². The highest BCUT2D eigenvalue weighted by Crippen LogP contribution is 2.34. The maximum absolute atomic E-state index is 13.3. The van der Waals surface area contributed by atoms with Crippen LogP contribution in [0.3, 0.4) is 0 Å². The Labute approximate surface area is 185 Å². The number of halogens is 1. The van der Waals surface area contributed by atoms with Crippen molar-refractivity contribution >= 4 is 27.7 Å². The fourth-order valence-electron chi connectivity index (χ4n) is 4.05. The molecule has 2 N–H and O–H groups in total. The van der Waals surface area contributed by atoms with Crippen LogP contribution in [0.15, 0.2) is 59.1 Å². The topological polar surface area (TPSA) is 69.6 Å². The van der Waals surface area contributed by atoms with E-state index in [-0.39, 0.29) is 17.7 Å². The highest BCUT2D eigenvalue weighted by molar-refractivity contribution is 9.10. The number of amides is 2. The molecule has 1 aliphatic heterocycles.